The molecule has 7 heteroatoms. The first-order chi connectivity index (χ1) is 9.81. The van der Waals surface area contributed by atoms with Crippen LogP contribution in [-0.4, -0.2) is 21.4 Å². The zero-order valence-electron chi connectivity index (χ0n) is 12.1. The maximum Gasteiger partial charge on any atom is 0.241 e. The second-order valence-electron chi connectivity index (χ2n) is 5.39. The SMILES string of the molecule is COc1ccc(C(C)NC(=O)CC2CC2)cc1S(N)(=O)=O. The van der Waals surface area contributed by atoms with Gasteiger partial charge in [0.1, 0.15) is 10.6 Å². The number of carbonyl (C=O) groups excluding carboxylic acids is 1. The quantitative estimate of drug-likeness (QED) is 0.827. The Kier molecular flexibility index (Phi) is 4.53. The standard InChI is InChI=1S/C14H20N2O4S/c1-9(16-14(17)7-10-3-4-10)11-5-6-12(20-2)13(8-11)21(15,18)19/h5-6,8-10H,3-4,7H2,1-2H3,(H,16,17)(H2,15,18,19). The highest BCUT2D eigenvalue weighted by molar-refractivity contribution is 7.89. The molecule has 3 N–H and O–H groups in total. The monoisotopic (exact) mass is 312 g/mol. The van der Waals surface area contributed by atoms with Crippen LogP contribution in [0, 0.1) is 5.92 Å². The summed E-state index contributed by atoms with van der Waals surface area (Å²) in [4.78, 5) is 11.7. The van der Waals surface area contributed by atoms with Crippen LogP contribution >= 0.6 is 0 Å². The Hall–Kier alpha value is -1.60. The summed E-state index contributed by atoms with van der Waals surface area (Å²) in [7, 11) is -2.50. The van der Waals surface area contributed by atoms with Crippen molar-refractivity contribution < 1.29 is 17.9 Å². The third kappa shape index (κ3) is 4.18. The van der Waals surface area contributed by atoms with E-state index in [1.807, 2.05) is 0 Å². The van der Waals surface area contributed by atoms with E-state index in [0.717, 1.165) is 12.8 Å². The van der Waals surface area contributed by atoms with E-state index in [2.05, 4.69) is 5.32 Å². The zero-order valence-corrected chi connectivity index (χ0v) is 12.9. The van der Waals surface area contributed by atoms with Gasteiger partial charge in [-0.2, -0.15) is 0 Å². The number of hydrogen-bond acceptors (Lipinski definition) is 4. The number of rotatable bonds is 6. The predicted molar refractivity (Wildman–Crippen MR) is 78.3 cm³/mol. The molecule has 1 fully saturated rings. The largest absolute Gasteiger partial charge is 0.495 e. The second-order valence-corrected chi connectivity index (χ2v) is 6.92. The van der Waals surface area contributed by atoms with Gasteiger partial charge in [-0.15, -0.1) is 0 Å². The van der Waals surface area contributed by atoms with Crippen LogP contribution in [0.15, 0.2) is 23.1 Å². The van der Waals surface area contributed by atoms with Gasteiger partial charge >= 0.3 is 0 Å². The predicted octanol–water partition coefficient (Wildman–Crippen LogP) is 1.32. The normalized spacial score (nSPS) is 16.3. The Morgan fingerprint density at radius 3 is 2.67 bits per heavy atom. The average molecular weight is 312 g/mol. The zero-order chi connectivity index (χ0) is 15.6. The van der Waals surface area contributed by atoms with Crippen LogP contribution < -0.4 is 15.2 Å². The first-order valence-electron chi connectivity index (χ1n) is 6.81. The lowest BCUT2D eigenvalue weighted by Gasteiger charge is -2.16. The summed E-state index contributed by atoms with van der Waals surface area (Å²) in [6.45, 7) is 1.81. The Labute approximate surface area is 124 Å². The molecule has 2 rings (SSSR count). The minimum absolute atomic E-state index is 0.0158. The third-order valence-corrected chi connectivity index (χ3v) is 4.47. The van der Waals surface area contributed by atoms with Gasteiger partial charge in [0.05, 0.1) is 13.2 Å². The van der Waals surface area contributed by atoms with Gasteiger partial charge in [0.25, 0.3) is 0 Å². The number of sulfonamides is 1. The molecule has 1 saturated carbocycles. The van der Waals surface area contributed by atoms with Gasteiger partial charge in [0.2, 0.25) is 15.9 Å². The molecule has 1 atom stereocenters. The summed E-state index contributed by atoms with van der Waals surface area (Å²) in [6, 6.07) is 4.41. The van der Waals surface area contributed by atoms with Crippen molar-refractivity contribution in [3.63, 3.8) is 0 Å². The van der Waals surface area contributed by atoms with Crippen LogP contribution in [0.5, 0.6) is 5.75 Å². The molecule has 1 aliphatic carbocycles. The van der Waals surface area contributed by atoms with Gasteiger partial charge in [0, 0.05) is 6.42 Å². The number of benzene rings is 1. The van der Waals surface area contributed by atoms with Crippen molar-refractivity contribution in [1.82, 2.24) is 5.32 Å². The van der Waals surface area contributed by atoms with Crippen molar-refractivity contribution in [3.8, 4) is 5.75 Å². The van der Waals surface area contributed by atoms with Crippen molar-refractivity contribution in [2.75, 3.05) is 7.11 Å². The van der Waals surface area contributed by atoms with Gasteiger partial charge in [-0.05, 0) is 43.4 Å². The molecule has 0 aromatic heterocycles. The topological polar surface area (TPSA) is 98.5 Å². The molecule has 1 aromatic rings. The summed E-state index contributed by atoms with van der Waals surface area (Å²) < 4.78 is 28.1. The maximum absolute atomic E-state index is 11.8. The fraction of sp³-hybridized carbons (Fsp3) is 0.500. The first kappa shape index (κ1) is 15.8. The van der Waals surface area contributed by atoms with E-state index < -0.39 is 10.0 Å². The number of primary sulfonamides is 1. The highest BCUT2D eigenvalue weighted by atomic mass is 32.2. The molecule has 21 heavy (non-hydrogen) atoms. The average Bonchev–Trinajstić information content (AvgIpc) is 3.20. The van der Waals surface area contributed by atoms with Gasteiger partial charge in [-0.25, -0.2) is 13.6 Å². The summed E-state index contributed by atoms with van der Waals surface area (Å²) in [5, 5.41) is 8.05. The van der Waals surface area contributed by atoms with Crippen LogP contribution in [-0.2, 0) is 14.8 Å². The second kappa shape index (κ2) is 6.03. The molecule has 0 radical (unpaired) electrons. The minimum Gasteiger partial charge on any atom is -0.495 e. The van der Waals surface area contributed by atoms with Crippen LogP contribution in [0.25, 0.3) is 0 Å². The molecule has 0 heterocycles. The number of nitrogens with two attached hydrogens (primary N) is 1. The molecular formula is C14H20N2O4S. The van der Waals surface area contributed by atoms with Crippen molar-refractivity contribution in [3.05, 3.63) is 23.8 Å². The summed E-state index contributed by atoms with van der Waals surface area (Å²) in [5.41, 5.74) is 0.670. The van der Waals surface area contributed by atoms with Gasteiger partial charge in [-0.1, -0.05) is 6.07 Å². The first-order valence-corrected chi connectivity index (χ1v) is 8.36. The molecule has 0 saturated heterocycles. The Balaban J connectivity index is 2.16. The van der Waals surface area contributed by atoms with Crippen LogP contribution in [0.2, 0.25) is 0 Å². The minimum atomic E-state index is -3.88. The molecule has 1 aliphatic rings. The molecule has 1 aromatic carbocycles. The Morgan fingerprint density at radius 2 is 2.14 bits per heavy atom. The van der Waals surface area contributed by atoms with Gasteiger partial charge < -0.3 is 10.1 Å². The number of carbonyl (C=O) groups is 1. The lowest BCUT2D eigenvalue weighted by Crippen LogP contribution is -2.27. The molecule has 0 aliphatic heterocycles. The highest BCUT2D eigenvalue weighted by Crippen LogP contribution is 2.32. The maximum atomic E-state index is 11.8. The smallest absolute Gasteiger partial charge is 0.241 e. The third-order valence-electron chi connectivity index (χ3n) is 3.54. The lowest BCUT2D eigenvalue weighted by atomic mass is 10.1. The fourth-order valence-corrected chi connectivity index (χ4v) is 2.89. The highest BCUT2D eigenvalue weighted by Gasteiger charge is 2.25. The molecule has 0 bridgehead atoms. The Bertz CT molecular complexity index is 638. The van der Waals surface area contributed by atoms with Gasteiger partial charge in [-0.3, -0.25) is 4.79 Å². The van der Waals surface area contributed by atoms with Crippen LogP contribution in [0.3, 0.4) is 0 Å². The molecule has 1 unspecified atom stereocenters. The van der Waals surface area contributed by atoms with Crippen molar-refractivity contribution >= 4 is 15.9 Å². The van der Waals surface area contributed by atoms with Crippen molar-refractivity contribution in [1.29, 1.82) is 0 Å². The summed E-state index contributed by atoms with van der Waals surface area (Å²) in [6.07, 6.45) is 2.75. The lowest BCUT2D eigenvalue weighted by molar-refractivity contribution is -0.122. The van der Waals surface area contributed by atoms with E-state index in [1.165, 1.54) is 13.2 Å². The van der Waals surface area contributed by atoms with E-state index in [-0.39, 0.29) is 22.6 Å². The molecule has 0 spiro atoms. The van der Waals surface area contributed by atoms with E-state index in [9.17, 15) is 13.2 Å². The van der Waals surface area contributed by atoms with E-state index in [4.69, 9.17) is 9.88 Å². The number of hydrogen-bond donors (Lipinski definition) is 2. The van der Waals surface area contributed by atoms with E-state index in [0.29, 0.717) is 17.9 Å². The molecular weight excluding hydrogens is 292 g/mol. The van der Waals surface area contributed by atoms with E-state index >= 15 is 0 Å². The number of amides is 1. The van der Waals surface area contributed by atoms with Crippen LogP contribution in [0.1, 0.15) is 37.8 Å². The number of nitrogens with one attached hydrogen (secondary N) is 1. The van der Waals surface area contributed by atoms with Crippen molar-refractivity contribution in [2.24, 2.45) is 11.1 Å². The molecule has 116 valence electrons. The summed E-state index contributed by atoms with van der Waals surface area (Å²) in [5.74, 6) is 0.684. The molecule has 6 nitrogen and oxygen atoms in total. The summed E-state index contributed by atoms with van der Waals surface area (Å²) >= 11 is 0. The number of ether oxygens (including phenoxy) is 1. The van der Waals surface area contributed by atoms with Crippen LogP contribution in [0.4, 0.5) is 0 Å². The van der Waals surface area contributed by atoms with E-state index in [1.54, 1.807) is 19.1 Å². The Morgan fingerprint density at radius 1 is 1.48 bits per heavy atom. The fourth-order valence-electron chi connectivity index (χ4n) is 2.15. The molecule has 1 amide bonds. The number of methoxy groups -OCH3 is 1. The van der Waals surface area contributed by atoms with Gasteiger partial charge in [0.15, 0.2) is 0 Å². The van der Waals surface area contributed by atoms with Crippen molar-refractivity contribution in [2.45, 2.75) is 37.1 Å².